The summed E-state index contributed by atoms with van der Waals surface area (Å²) in [7, 11) is -3.95. The van der Waals surface area contributed by atoms with Gasteiger partial charge in [0, 0.05) is 40.2 Å². The fraction of sp³-hybridized carbons (Fsp3) is 0.355. The molecule has 1 heterocycles. The molecule has 0 aromatic heterocycles. The van der Waals surface area contributed by atoms with E-state index in [1.165, 1.54) is 17.9 Å². The molecule has 2 amide bonds. The van der Waals surface area contributed by atoms with Gasteiger partial charge in [-0.15, -0.1) is 0 Å². The Morgan fingerprint density at radius 1 is 0.953 bits per heavy atom. The van der Waals surface area contributed by atoms with E-state index >= 15 is 0 Å². The minimum Gasteiger partial charge on any atom is -0.454 e. The zero-order valence-corrected chi connectivity index (χ0v) is 26.8. The average Bonchev–Trinajstić information content (AvgIpc) is 3.42. The van der Waals surface area contributed by atoms with Crippen LogP contribution in [0.5, 0.6) is 11.5 Å². The molecule has 1 aliphatic heterocycles. The van der Waals surface area contributed by atoms with Crippen molar-refractivity contribution in [1.82, 2.24) is 10.2 Å². The average molecular weight is 649 g/mol. The van der Waals surface area contributed by atoms with Crippen LogP contribution in [0, 0.1) is 0 Å². The van der Waals surface area contributed by atoms with Crippen molar-refractivity contribution < 1.29 is 27.5 Å². The second-order valence-electron chi connectivity index (χ2n) is 11.1. The summed E-state index contributed by atoms with van der Waals surface area (Å²) in [5.74, 6) is -0.437. The summed E-state index contributed by atoms with van der Waals surface area (Å²) >= 11 is 13.0. The molecule has 0 saturated heterocycles. The Labute approximate surface area is 262 Å². The molecule has 1 aliphatic rings. The maximum atomic E-state index is 14.3. The van der Waals surface area contributed by atoms with Crippen molar-refractivity contribution >= 4 is 50.7 Å². The number of nitrogens with one attached hydrogen (secondary N) is 1. The van der Waals surface area contributed by atoms with Crippen LogP contribution in [0.25, 0.3) is 0 Å². The first-order valence-electron chi connectivity index (χ1n) is 13.8. The zero-order chi connectivity index (χ0) is 31.4. The van der Waals surface area contributed by atoms with Crippen molar-refractivity contribution in [3.8, 4) is 11.5 Å². The highest BCUT2D eigenvalue weighted by Crippen LogP contribution is 2.36. The molecule has 3 aromatic rings. The van der Waals surface area contributed by atoms with Crippen molar-refractivity contribution in [2.45, 2.75) is 52.2 Å². The number of amides is 2. The van der Waals surface area contributed by atoms with E-state index < -0.39 is 40.0 Å². The summed E-state index contributed by atoms with van der Waals surface area (Å²) in [5.41, 5.74) is 0.878. The lowest BCUT2D eigenvalue weighted by Gasteiger charge is -2.35. The molecule has 3 aromatic carbocycles. The maximum Gasteiger partial charge on any atom is 0.244 e. The quantitative estimate of drug-likeness (QED) is 0.297. The Kier molecular flexibility index (Phi) is 10.1. The van der Waals surface area contributed by atoms with Crippen LogP contribution in [0.2, 0.25) is 10.0 Å². The Morgan fingerprint density at radius 3 is 2.23 bits per heavy atom. The van der Waals surface area contributed by atoms with Crippen LogP contribution in [-0.4, -0.2) is 55.8 Å². The van der Waals surface area contributed by atoms with Crippen LogP contribution in [0.4, 0.5) is 5.69 Å². The van der Waals surface area contributed by atoms with Gasteiger partial charge in [-0.3, -0.25) is 13.9 Å². The number of carbonyl (C=O) groups is 2. The fourth-order valence-corrected chi connectivity index (χ4v) is 6.19. The second-order valence-corrected chi connectivity index (χ2v) is 14.1. The van der Waals surface area contributed by atoms with Crippen LogP contribution in [0.1, 0.15) is 38.8 Å². The minimum absolute atomic E-state index is 0.00860. The van der Waals surface area contributed by atoms with E-state index in [1.54, 1.807) is 30.3 Å². The molecular formula is C31H35Cl2N3O6S. The van der Waals surface area contributed by atoms with Gasteiger partial charge in [0.25, 0.3) is 0 Å². The molecule has 4 rings (SSSR count). The summed E-state index contributed by atoms with van der Waals surface area (Å²) in [4.78, 5) is 29.6. The molecule has 0 aliphatic carbocycles. The van der Waals surface area contributed by atoms with E-state index in [9.17, 15) is 18.0 Å². The van der Waals surface area contributed by atoms with Crippen molar-refractivity contribution in [3.63, 3.8) is 0 Å². The number of benzene rings is 3. The predicted octanol–water partition coefficient (Wildman–Crippen LogP) is 5.43. The Morgan fingerprint density at radius 2 is 1.60 bits per heavy atom. The third kappa shape index (κ3) is 8.13. The second kappa shape index (κ2) is 13.4. The third-order valence-electron chi connectivity index (χ3n) is 6.78. The molecule has 12 heteroatoms. The smallest absolute Gasteiger partial charge is 0.244 e. The normalized spacial score (nSPS) is 13.3. The number of fused-ring (bicyclic) bond motifs is 1. The van der Waals surface area contributed by atoms with E-state index in [2.05, 4.69) is 5.32 Å². The number of hydrogen-bond acceptors (Lipinski definition) is 6. The molecule has 0 fully saturated rings. The molecule has 0 radical (unpaired) electrons. The van der Waals surface area contributed by atoms with Crippen LogP contribution in [0.15, 0.2) is 66.7 Å². The number of hydrogen-bond donors (Lipinski definition) is 1. The molecule has 0 spiro atoms. The van der Waals surface area contributed by atoms with Gasteiger partial charge in [-0.05, 0) is 57.5 Å². The van der Waals surface area contributed by atoms with E-state index in [0.29, 0.717) is 27.1 Å². The third-order valence-corrected chi connectivity index (χ3v) is 9.23. The highest BCUT2D eigenvalue weighted by atomic mass is 35.5. The van der Waals surface area contributed by atoms with E-state index in [-0.39, 0.29) is 31.2 Å². The van der Waals surface area contributed by atoms with E-state index in [4.69, 9.17) is 32.7 Å². The number of halogens is 2. The number of carbonyl (C=O) groups excluding carboxylic acids is 2. The maximum absolute atomic E-state index is 14.3. The predicted molar refractivity (Wildman–Crippen MR) is 168 cm³/mol. The molecule has 0 saturated carbocycles. The summed E-state index contributed by atoms with van der Waals surface area (Å²) in [6, 6.07) is 17.9. The lowest BCUT2D eigenvalue weighted by molar-refractivity contribution is -0.140. The summed E-state index contributed by atoms with van der Waals surface area (Å²) in [5, 5.41) is 3.61. The number of anilines is 1. The molecular weight excluding hydrogens is 613 g/mol. The first-order chi connectivity index (χ1) is 20.3. The zero-order valence-electron chi connectivity index (χ0n) is 24.5. The van der Waals surface area contributed by atoms with E-state index in [0.717, 1.165) is 9.87 Å². The summed E-state index contributed by atoms with van der Waals surface area (Å²) in [6.45, 7) is 6.33. The topological polar surface area (TPSA) is 105 Å². The minimum atomic E-state index is -3.95. The van der Waals surface area contributed by atoms with Gasteiger partial charge in [-0.2, -0.15) is 0 Å². The molecule has 9 nitrogen and oxygen atoms in total. The van der Waals surface area contributed by atoms with Gasteiger partial charge < -0.3 is 19.7 Å². The number of sulfonamides is 1. The number of ether oxygens (including phenoxy) is 2. The highest BCUT2D eigenvalue weighted by molar-refractivity contribution is 7.92. The van der Waals surface area contributed by atoms with Gasteiger partial charge in [0.15, 0.2) is 11.5 Å². The van der Waals surface area contributed by atoms with Gasteiger partial charge in [0.1, 0.15) is 12.6 Å². The lowest BCUT2D eigenvalue weighted by Crippen LogP contribution is -2.56. The van der Waals surface area contributed by atoms with Crippen LogP contribution < -0.4 is 19.1 Å². The molecule has 43 heavy (non-hydrogen) atoms. The Hall–Kier alpha value is -3.47. The molecule has 230 valence electrons. The van der Waals surface area contributed by atoms with Crippen molar-refractivity contribution in [2.24, 2.45) is 0 Å². The lowest BCUT2D eigenvalue weighted by atomic mass is 10.0. The van der Waals surface area contributed by atoms with Crippen LogP contribution >= 0.6 is 23.2 Å². The van der Waals surface area contributed by atoms with Crippen LogP contribution in [-0.2, 0) is 32.6 Å². The Balaban J connectivity index is 1.80. The van der Waals surface area contributed by atoms with Gasteiger partial charge in [0.2, 0.25) is 28.6 Å². The molecule has 1 N–H and O–H groups in total. The first-order valence-corrected chi connectivity index (χ1v) is 16.1. The SMILES string of the molecule is CCS(=O)(=O)N(CC(=O)N(Cc1c(Cl)cccc1Cl)[C@@H](Cc1ccccc1)C(=O)NC(C)(C)C)c1ccc2c(c1)OCO2. The van der Waals surface area contributed by atoms with Crippen molar-refractivity contribution in [1.29, 1.82) is 0 Å². The standard InChI is InChI=1S/C31H35Cl2N3O6S/c1-5-43(39,40)36(22-14-15-27-28(17-22)42-20-41-27)19-29(37)35(18-23-24(32)12-9-13-25(23)33)26(30(38)34-31(2,3)4)16-21-10-7-6-8-11-21/h6-15,17,26H,5,16,18-20H2,1-4H3,(H,34,38)/t26-/m0/s1. The van der Waals surface area contributed by atoms with Gasteiger partial charge in [-0.25, -0.2) is 8.42 Å². The number of nitrogens with zero attached hydrogens (tertiary/aromatic N) is 2. The van der Waals surface area contributed by atoms with Gasteiger partial charge in [-0.1, -0.05) is 59.6 Å². The highest BCUT2D eigenvalue weighted by Gasteiger charge is 2.35. The largest absolute Gasteiger partial charge is 0.454 e. The van der Waals surface area contributed by atoms with Crippen LogP contribution in [0.3, 0.4) is 0 Å². The van der Waals surface area contributed by atoms with E-state index in [1.807, 2.05) is 51.1 Å². The van der Waals surface area contributed by atoms with Crippen molar-refractivity contribution in [2.75, 3.05) is 23.4 Å². The fourth-order valence-electron chi connectivity index (χ4n) is 4.62. The number of rotatable bonds is 11. The van der Waals surface area contributed by atoms with Gasteiger partial charge in [0.05, 0.1) is 11.4 Å². The summed E-state index contributed by atoms with van der Waals surface area (Å²) in [6.07, 6.45) is 0.168. The monoisotopic (exact) mass is 647 g/mol. The summed E-state index contributed by atoms with van der Waals surface area (Å²) < 4.78 is 38.6. The first kappa shape index (κ1) is 32.4. The molecule has 1 atom stereocenters. The molecule has 0 bridgehead atoms. The van der Waals surface area contributed by atoms with Gasteiger partial charge >= 0.3 is 0 Å². The Bertz CT molecular complexity index is 1560. The molecule has 0 unspecified atom stereocenters. The van der Waals surface area contributed by atoms with Crippen molar-refractivity contribution in [3.05, 3.63) is 87.9 Å².